The Hall–Kier alpha value is -1.70. The third-order valence-electron chi connectivity index (χ3n) is 2.66. The van der Waals surface area contributed by atoms with Gasteiger partial charge in [0.05, 0.1) is 6.54 Å². The number of carbonyl (C=O) groups is 1. The number of nitrogens with one attached hydrogen (secondary N) is 1. The fourth-order valence-corrected chi connectivity index (χ4v) is 1.82. The summed E-state index contributed by atoms with van der Waals surface area (Å²) in [6.45, 7) is 5.91. The monoisotopic (exact) mass is 255 g/mol. The van der Waals surface area contributed by atoms with Crippen molar-refractivity contribution >= 4 is 6.09 Å². The van der Waals surface area contributed by atoms with Gasteiger partial charge in [0.25, 0.3) is 0 Å². The first-order chi connectivity index (χ1) is 8.30. The number of nitrogens with zero attached hydrogens (tertiary/aromatic N) is 4. The molecule has 1 atom stereocenters. The maximum atomic E-state index is 11.8. The van der Waals surface area contributed by atoms with Crippen molar-refractivity contribution < 1.29 is 14.6 Å². The zero-order valence-electron chi connectivity index (χ0n) is 10.7. The maximum absolute atomic E-state index is 11.8. The molecule has 1 amide bonds. The summed E-state index contributed by atoms with van der Waals surface area (Å²) in [5.41, 5.74) is -1.80. The van der Waals surface area contributed by atoms with Crippen LogP contribution >= 0.6 is 0 Å². The highest BCUT2D eigenvalue weighted by molar-refractivity contribution is 5.68. The Kier molecular flexibility index (Phi) is 2.97. The lowest BCUT2D eigenvalue weighted by molar-refractivity contribution is 0.0110. The van der Waals surface area contributed by atoms with E-state index >= 15 is 0 Å². The van der Waals surface area contributed by atoms with Gasteiger partial charge in [-0.05, 0) is 20.8 Å². The number of rotatable bonds is 1. The molecule has 0 radical (unpaired) electrons. The van der Waals surface area contributed by atoms with Gasteiger partial charge in [-0.1, -0.05) is 5.21 Å². The van der Waals surface area contributed by atoms with Gasteiger partial charge in [-0.25, -0.2) is 4.79 Å². The predicted molar refractivity (Wildman–Crippen MR) is 60.5 cm³/mol. The second-order valence-corrected chi connectivity index (χ2v) is 5.42. The number of hydrogen-bond donors (Lipinski definition) is 2. The molecule has 2 N–H and O–H groups in total. The van der Waals surface area contributed by atoms with Crippen molar-refractivity contribution in [2.45, 2.75) is 38.4 Å². The van der Waals surface area contributed by atoms with Gasteiger partial charge in [-0.3, -0.25) is 0 Å². The Balaban J connectivity index is 2.02. The molecule has 1 aliphatic rings. The van der Waals surface area contributed by atoms with Crippen molar-refractivity contribution in [1.82, 2.24) is 25.5 Å². The molecule has 0 aromatic carbocycles. The van der Waals surface area contributed by atoms with E-state index in [0.717, 1.165) is 0 Å². The molecule has 18 heavy (non-hydrogen) atoms. The summed E-state index contributed by atoms with van der Waals surface area (Å²) in [5, 5.41) is 23.6. The summed E-state index contributed by atoms with van der Waals surface area (Å²) in [7, 11) is 0. The number of likely N-dealkylation sites (tertiary alicyclic amines) is 1. The van der Waals surface area contributed by atoms with Crippen LogP contribution in [0.25, 0.3) is 0 Å². The molecule has 1 fully saturated rings. The number of aromatic nitrogens is 4. The predicted octanol–water partition coefficient (Wildman–Crippen LogP) is 0.0281. The van der Waals surface area contributed by atoms with Crippen LogP contribution in [0, 0.1) is 0 Å². The van der Waals surface area contributed by atoms with Gasteiger partial charge < -0.3 is 14.7 Å². The Morgan fingerprint density at radius 3 is 2.83 bits per heavy atom. The molecule has 8 nitrogen and oxygen atoms in total. The van der Waals surface area contributed by atoms with Crippen molar-refractivity contribution in [2.24, 2.45) is 0 Å². The lowest BCUT2D eigenvalue weighted by Gasteiger charge is -2.25. The first-order valence-corrected chi connectivity index (χ1v) is 5.74. The molecule has 100 valence electrons. The number of carbonyl (C=O) groups excluding carboxylic acids is 1. The Bertz CT molecular complexity index is 427. The summed E-state index contributed by atoms with van der Waals surface area (Å²) in [6.07, 6.45) is -0.0758. The number of aliphatic hydroxyl groups is 1. The van der Waals surface area contributed by atoms with E-state index in [2.05, 4.69) is 20.6 Å². The van der Waals surface area contributed by atoms with Gasteiger partial charge in [0.1, 0.15) is 11.2 Å². The Morgan fingerprint density at radius 1 is 1.56 bits per heavy atom. The largest absolute Gasteiger partial charge is 0.444 e. The van der Waals surface area contributed by atoms with Crippen LogP contribution < -0.4 is 0 Å². The topological polar surface area (TPSA) is 104 Å². The van der Waals surface area contributed by atoms with Crippen molar-refractivity contribution in [3.63, 3.8) is 0 Å². The Labute approximate surface area is 104 Å². The summed E-state index contributed by atoms with van der Waals surface area (Å²) in [5.74, 6) is 0.202. The molecule has 0 saturated carbocycles. The van der Waals surface area contributed by atoms with Crippen molar-refractivity contribution in [3.8, 4) is 0 Å². The number of ether oxygens (including phenoxy) is 1. The normalized spacial score (nSPS) is 24.3. The summed E-state index contributed by atoms with van der Waals surface area (Å²) in [4.78, 5) is 13.3. The molecule has 0 aliphatic carbocycles. The third kappa shape index (κ3) is 2.58. The van der Waals surface area contributed by atoms with E-state index < -0.39 is 17.3 Å². The van der Waals surface area contributed by atoms with E-state index in [4.69, 9.17) is 4.74 Å². The molecule has 1 aromatic rings. The molecule has 2 rings (SSSR count). The van der Waals surface area contributed by atoms with Crippen molar-refractivity contribution in [3.05, 3.63) is 5.82 Å². The molecule has 0 spiro atoms. The van der Waals surface area contributed by atoms with Crippen LogP contribution in [0.2, 0.25) is 0 Å². The van der Waals surface area contributed by atoms with Crippen LogP contribution in [-0.2, 0) is 10.3 Å². The molecule has 1 saturated heterocycles. The minimum Gasteiger partial charge on any atom is -0.444 e. The molecule has 1 aromatic heterocycles. The maximum Gasteiger partial charge on any atom is 0.410 e. The standard InChI is InChI=1S/C10H17N5O3/c1-9(2,3)18-8(16)15-5-4-10(17,6-15)7-11-13-14-12-7/h17H,4-6H2,1-3H3,(H,11,12,13,14). The average molecular weight is 255 g/mol. The van der Waals surface area contributed by atoms with Crippen LogP contribution in [0.1, 0.15) is 33.0 Å². The van der Waals surface area contributed by atoms with Gasteiger partial charge in [-0.2, -0.15) is 5.21 Å². The highest BCUT2D eigenvalue weighted by Crippen LogP contribution is 2.29. The average Bonchev–Trinajstić information content (AvgIpc) is 2.83. The SMILES string of the molecule is CC(C)(C)OC(=O)N1CCC(O)(c2nn[nH]n2)C1. The lowest BCUT2D eigenvalue weighted by Crippen LogP contribution is -2.38. The highest BCUT2D eigenvalue weighted by atomic mass is 16.6. The van der Waals surface area contributed by atoms with Crippen molar-refractivity contribution in [2.75, 3.05) is 13.1 Å². The summed E-state index contributed by atoms with van der Waals surface area (Å²) in [6, 6.07) is 0. The van der Waals surface area contributed by atoms with E-state index in [0.29, 0.717) is 13.0 Å². The van der Waals surface area contributed by atoms with Crippen LogP contribution in [0.5, 0.6) is 0 Å². The van der Waals surface area contributed by atoms with Gasteiger partial charge in [-0.15, -0.1) is 10.2 Å². The summed E-state index contributed by atoms with van der Waals surface area (Å²) >= 11 is 0. The molecule has 1 aliphatic heterocycles. The molecule has 8 heteroatoms. The minimum atomic E-state index is -1.25. The van der Waals surface area contributed by atoms with Gasteiger partial charge >= 0.3 is 6.09 Å². The van der Waals surface area contributed by atoms with Gasteiger partial charge in [0.2, 0.25) is 5.82 Å². The second-order valence-electron chi connectivity index (χ2n) is 5.42. The number of β-amino-alcohol motifs (C(OH)–C–C–N with tert-alkyl or cyclic N) is 1. The number of hydrogen-bond acceptors (Lipinski definition) is 6. The highest BCUT2D eigenvalue weighted by Gasteiger charge is 2.44. The van der Waals surface area contributed by atoms with E-state index in [1.54, 1.807) is 20.8 Å². The Morgan fingerprint density at radius 2 is 2.28 bits per heavy atom. The molecule has 1 unspecified atom stereocenters. The van der Waals surface area contributed by atoms with Crippen LogP contribution in [0.3, 0.4) is 0 Å². The first-order valence-electron chi connectivity index (χ1n) is 5.74. The molecule has 2 heterocycles. The number of aromatic amines is 1. The fraction of sp³-hybridized carbons (Fsp3) is 0.800. The second kappa shape index (κ2) is 4.20. The fourth-order valence-electron chi connectivity index (χ4n) is 1.82. The quantitative estimate of drug-likeness (QED) is 0.733. The third-order valence-corrected chi connectivity index (χ3v) is 2.66. The van der Waals surface area contributed by atoms with E-state index in [9.17, 15) is 9.90 Å². The minimum absolute atomic E-state index is 0.113. The zero-order chi connectivity index (χ0) is 13.4. The zero-order valence-corrected chi connectivity index (χ0v) is 10.7. The number of tetrazole rings is 1. The van der Waals surface area contributed by atoms with Gasteiger partial charge in [0, 0.05) is 13.0 Å². The van der Waals surface area contributed by atoms with Crippen LogP contribution in [0.4, 0.5) is 4.79 Å². The van der Waals surface area contributed by atoms with E-state index in [1.807, 2.05) is 0 Å². The first kappa shape index (κ1) is 12.7. The number of amides is 1. The molecular weight excluding hydrogens is 238 g/mol. The van der Waals surface area contributed by atoms with Crippen LogP contribution in [0.15, 0.2) is 0 Å². The van der Waals surface area contributed by atoms with E-state index in [-0.39, 0.29) is 12.4 Å². The molecule has 0 bridgehead atoms. The van der Waals surface area contributed by atoms with Crippen molar-refractivity contribution in [1.29, 1.82) is 0 Å². The van der Waals surface area contributed by atoms with Gasteiger partial charge in [0.15, 0.2) is 0 Å². The summed E-state index contributed by atoms with van der Waals surface area (Å²) < 4.78 is 5.24. The number of H-pyrrole nitrogens is 1. The van der Waals surface area contributed by atoms with Crippen LogP contribution in [-0.4, -0.2) is 55.4 Å². The molecular formula is C10H17N5O3. The lowest BCUT2D eigenvalue weighted by atomic mass is 10.0. The smallest absolute Gasteiger partial charge is 0.410 e. The van der Waals surface area contributed by atoms with E-state index in [1.165, 1.54) is 4.90 Å².